The topological polar surface area (TPSA) is 51.8 Å². The van der Waals surface area contributed by atoms with Gasteiger partial charge in [-0.25, -0.2) is 9.97 Å². The lowest BCUT2D eigenvalue weighted by Gasteiger charge is -2.10. The third-order valence-electron chi connectivity index (χ3n) is 7.79. The molecule has 0 radical (unpaired) electrons. The van der Waals surface area contributed by atoms with Crippen LogP contribution in [-0.4, -0.2) is 15.0 Å². The van der Waals surface area contributed by atoms with E-state index in [0.29, 0.717) is 5.82 Å². The van der Waals surface area contributed by atoms with Crippen LogP contribution >= 0.6 is 0 Å². The minimum atomic E-state index is 0.681. The predicted octanol–water partition coefficient (Wildman–Crippen LogP) is 10.1. The van der Waals surface area contributed by atoms with Gasteiger partial charge in [0.05, 0.1) is 17.1 Å². The number of nitrogens with zero attached hydrogens (tertiary/aromatic N) is 3. The molecule has 0 aliphatic heterocycles. The molecule has 0 spiro atoms. The Kier molecular flexibility index (Phi) is 6.08. The number of rotatable bonds is 5. The second kappa shape index (κ2) is 10.5. The van der Waals surface area contributed by atoms with Gasteiger partial charge in [-0.05, 0) is 58.7 Å². The lowest BCUT2D eigenvalue weighted by Crippen LogP contribution is -1.96. The van der Waals surface area contributed by atoms with Gasteiger partial charge in [-0.2, -0.15) is 0 Å². The molecule has 4 heteroatoms. The van der Waals surface area contributed by atoms with Gasteiger partial charge in [0.15, 0.2) is 5.82 Å². The molecule has 43 heavy (non-hydrogen) atoms. The first kappa shape index (κ1) is 24.9. The van der Waals surface area contributed by atoms with E-state index in [1.54, 1.807) is 6.20 Å². The number of fused-ring (bicyclic) bond motifs is 3. The summed E-state index contributed by atoms with van der Waals surface area (Å²) in [7, 11) is 0. The molecule has 3 heterocycles. The highest BCUT2D eigenvalue weighted by Gasteiger charge is 2.12. The monoisotopic (exact) mass is 551 g/mol. The normalized spacial score (nSPS) is 11.3. The minimum Gasteiger partial charge on any atom is -0.456 e. The number of aromatic nitrogens is 3. The van der Waals surface area contributed by atoms with E-state index in [1.165, 1.54) is 11.1 Å². The molecule has 4 nitrogen and oxygen atoms in total. The second-order valence-corrected chi connectivity index (χ2v) is 10.5. The van der Waals surface area contributed by atoms with Crippen molar-refractivity contribution in [2.24, 2.45) is 0 Å². The number of furan rings is 1. The molecule has 0 aliphatic carbocycles. The average molecular weight is 552 g/mol. The van der Waals surface area contributed by atoms with Crippen molar-refractivity contribution in [2.75, 3.05) is 0 Å². The van der Waals surface area contributed by atoms with E-state index in [-0.39, 0.29) is 0 Å². The van der Waals surface area contributed by atoms with Gasteiger partial charge in [0.25, 0.3) is 0 Å². The molecule has 0 bridgehead atoms. The molecule has 0 fully saturated rings. The van der Waals surface area contributed by atoms with Crippen LogP contribution in [0.5, 0.6) is 0 Å². The lowest BCUT2D eigenvalue weighted by molar-refractivity contribution is 0.669. The van der Waals surface area contributed by atoms with E-state index < -0.39 is 0 Å². The van der Waals surface area contributed by atoms with Crippen molar-refractivity contribution in [3.05, 3.63) is 152 Å². The third-order valence-corrected chi connectivity index (χ3v) is 7.79. The highest BCUT2D eigenvalue weighted by atomic mass is 16.3. The quantitative estimate of drug-likeness (QED) is 0.214. The number of hydrogen-bond donors (Lipinski definition) is 0. The Balaban J connectivity index is 1.11. The highest BCUT2D eigenvalue weighted by Crippen LogP contribution is 2.34. The summed E-state index contributed by atoms with van der Waals surface area (Å²) in [5.74, 6) is 0.681. The predicted molar refractivity (Wildman–Crippen MR) is 174 cm³/mol. The van der Waals surface area contributed by atoms with Gasteiger partial charge >= 0.3 is 0 Å². The van der Waals surface area contributed by atoms with Crippen molar-refractivity contribution in [1.82, 2.24) is 15.0 Å². The van der Waals surface area contributed by atoms with Crippen molar-refractivity contribution in [3.8, 4) is 56.3 Å². The molecule has 0 N–H and O–H groups in total. The second-order valence-electron chi connectivity index (χ2n) is 10.5. The molecule has 0 atom stereocenters. The van der Waals surface area contributed by atoms with Crippen molar-refractivity contribution < 1.29 is 4.42 Å². The molecule has 202 valence electrons. The van der Waals surface area contributed by atoms with Gasteiger partial charge in [-0.3, -0.25) is 4.98 Å². The fourth-order valence-electron chi connectivity index (χ4n) is 5.55. The maximum atomic E-state index is 6.01. The molecular weight excluding hydrogens is 526 g/mol. The lowest BCUT2D eigenvalue weighted by atomic mass is 9.98. The highest BCUT2D eigenvalue weighted by molar-refractivity contribution is 6.06. The minimum absolute atomic E-state index is 0.681. The van der Waals surface area contributed by atoms with E-state index in [2.05, 4.69) is 83.8 Å². The summed E-state index contributed by atoms with van der Waals surface area (Å²) in [6.45, 7) is 0. The molecule has 8 rings (SSSR count). The molecule has 0 saturated carbocycles. The van der Waals surface area contributed by atoms with Crippen molar-refractivity contribution >= 4 is 21.9 Å². The molecule has 8 aromatic rings. The Bertz CT molecular complexity index is 2150. The summed E-state index contributed by atoms with van der Waals surface area (Å²) in [4.78, 5) is 14.3. The number of pyridine rings is 1. The first-order chi connectivity index (χ1) is 21.3. The maximum Gasteiger partial charge on any atom is 0.160 e. The standard InChI is InChI=1S/C39H25N3O/c1-2-8-30(9-3-1)39-41-35(25-36(42-39)34-11-6-7-23-40-34)29-19-17-27(18-20-29)26-13-15-28(16-14-26)31-21-22-38-33(24-31)32-10-4-5-12-37(32)43-38/h1-25H. The Hall–Kier alpha value is -5.87. The Morgan fingerprint density at radius 2 is 0.977 bits per heavy atom. The summed E-state index contributed by atoms with van der Waals surface area (Å²) in [6, 6.07) is 49.8. The van der Waals surface area contributed by atoms with Crippen LogP contribution in [0, 0.1) is 0 Å². The molecular formula is C39H25N3O. The summed E-state index contributed by atoms with van der Waals surface area (Å²) < 4.78 is 6.01. The molecule has 0 saturated heterocycles. The zero-order valence-corrected chi connectivity index (χ0v) is 23.2. The van der Waals surface area contributed by atoms with Crippen LogP contribution < -0.4 is 0 Å². The Labute approximate surface area is 249 Å². The Morgan fingerprint density at radius 1 is 0.372 bits per heavy atom. The van der Waals surface area contributed by atoms with E-state index in [0.717, 1.165) is 61.3 Å². The van der Waals surface area contributed by atoms with Crippen LogP contribution in [0.2, 0.25) is 0 Å². The van der Waals surface area contributed by atoms with Gasteiger partial charge in [0.1, 0.15) is 11.2 Å². The summed E-state index contributed by atoms with van der Waals surface area (Å²) in [6.07, 6.45) is 1.79. The fraction of sp³-hybridized carbons (Fsp3) is 0. The van der Waals surface area contributed by atoms with Gasteiger partial charge in [-0.1, -0.05) is 109 Å². The first-order valence-electron chi connectivity index (χ1n) is 14.3. The van der Waals surface area contributed by atoms with Crippen LogP contribution in [0.4, 0.5) is 0 Å². The molecule has 5 aromatic carbocycles. The average Bonchev–Trinajstić information content (AvgIpc) is 3.47. The van der Waals surface area contributed by atoms with Gasteiger partial charge in [0.2, 0.25) is 0 Å². The molecule has 0 aliphatic rings. The van der Waals surface area contributed by atoms with Gasteiger partial charge < -0.3 is 4.42 Å². The van der Waals surface area contributed by atoms with Crippen LogP contribution in [0.3, 0.4) is 0 Å². The number of benzene rings is 5. The van der Waals surface area contributed by atoms with Crippen LogP contribution in [0.1, 0.15) is 0 Å². The summed E-state index contributed by atoms with van der Waals surface area (Å²) >= 11 is 0. The number of hydrogen-bond acceptors (Lipinski definition) is 4. The third kappa shape index (κ3) is 4.75. The SMILES string of the molecule is c1ccc(-c2nc(-c3ccc(-c4ccc(-c5ccc6oc7ccccc7c6c5)cc4)cc3)cc(-c3ccccn3)n2)cc1. The van der Waals surface area contributed by atoms with E-state index in [1.807, 2.05) is 66.7 Å². The smallest absolute Gasteiger partial charge is 0.160 e. The molecule has 0 unspecified atom stereocenters. The zero-order chi connectivity index (χ0) is 28.6. The van der Waals surface area contributed by atoms with Crippen LogP contribution in [0.25, 0.3) is 78.2 Å². The summed E-state index contributed by atoms with van der Waals surface area (Å²) in [5.41, 5.74) is 10.9. The first-order valence-corrected chi connectivity index (χ1v) is 14.3. The summed E-state index contributed by atoms with van der Waals surface area (Å²) in [5, 5.41) is 2.28. The van der Waals surface area contributed by atoms with E-state index in [9.17, 15) is 0 Å². The largest absolute Gasteiger partial charge is 0.456 e. The van der Waals surface area contributed by atoms with Crippen LogP contribution in [-0.2, 0) is 0 Å². The van der Waals surface area contributed by atoms with Gasteiger partial charge in [0, 0.05) is 28.1 Å². The Morgan fingerprint density at radius 3 is 1.72 bits per heavy atom. The van der Waals surface area contributed by atoms with Crippen molar-refractivity contribution in [2.45, 2.75) is 0 Å². The maximum absolute atomic E-state index is 6.01. The van der Waals surface area contributed by atoms with Crippen molar-refractivity contribution in [1.29, 1.82) is 0 Å². The zero-order valence-electron chi connectivity index (χ0n) is 23.2. The van der Waals surface area contributed by atoms with E-state index >= 15 is 0 Å². The van der Waals surface area contributed by atoms with Crippen molar-refractivity contribution in [3.63, 3.8) is 0 Å². The van der Waals surface area contributed by atoms with Crippen LogP contribution in [0.15, 0.2) is 156 Å². The van der Waals surface area contributed by atoms with Gasteiger partial charge in [-0.15, -0.1) is 0 Å². The molecule has 3 aromatic heterocycles. The van der Waals surface area contributed by atoms with E-state index in [4.69, 9.17) is 14.4 Å². The molecule has 0 amide bonds. The number of para-hydroxylation sites is 1. The fourth-order valence-corrected chi connectivity index (χ4v) is 5.55.